The smallest absolute Gasteiger partial charge is 0.328 e. The SMILES string of the molecule is CN(/C=C/C(=O)N1CCC(C2CCNc3c(C(N)=O)c(-c4ccc(Oc5ccccc5)cc4)nn32)CC1)CCOCCNc1ccc(N2CCC(=O)NC2=O)cc1. The summed E-state index contributed by atoms with van der Waals surface area (Å²) in [5.41, 5.74) is 9.27. The van der Waals surface area contributed by atoms with Gasteiger partial charge in [0.25, 0.3) is 5.91 Å². The molecule has 298 valence electrons. The van der Waals surface area contributed by atoms with Crippen molar-refractivity contribution >= 4 is 40.9 Å². The van der Waals surface area contributed by atoms with E-state index in [0.717, 1.165) is 42.0 Å². The molecule has 3 aliphatic heterocycles. The second-order valence-electron chi connectivity index (χ2n) is 14.4. The molecule has 0 aliphatic carbocycles. The topological polar surface area (TPSA) is 176 Å². The first kappa shape index (κ1) is 38.9. The number of rotatable bonds is 15. The number of carbonyl (C=O) groups is 4. The molecule has 0 radical (unpaired) electrons. The van der Waals surface area contributed by atoms with Crippen LogP contribution in [0.2, 0.25) is 0 Å². The van der Waals surface area contributed by atoms with Gasteiger partial charge in [-0.1, -0.05) is 18.2 Å². The molecule has 57 heavy (non-hydrogen) atoms. The lowest BCUT2D eigenvalue weighted by atomic mass is 9.87. The van der Waals surface area contributed by atoms with Crippen LogP contribution in [0.1, 0.15) is 42.1 Å². The Balaban J connectivity index is 0.841. The number of nitrogens with one attached hydrogen (secondary N) is 3. The minimum atomic E-state index is -0.531. The highest BCUT2D eigenvalue weighted by Gasteiger charge is 2.36. The fourth-order valence-electron chi connectivity index (χ4n) is 7.50. The van der Waals surface area contributed by atoms with Crippen molar-refractivity contribution < 1.29 is 28.7 Å². The lowest BCUT2D eigenvalue weighted by Crippen LogP contribution is -2.49. The average Bonchev–Trinajstić information content (AvgIpc) is 3.63. The Labute approximate surface area is 331 Å². The van der Waals surface area contributed by atoms with E-state index in [1.54, 1.807) is 17.2 Å². The van der Waals surface area contributed by atoms with E-state index in [1.807, 2.05) is 100 Å². The van der Waals surface area contributed by atoms with Crippen LogP contribution < -0.4 is 31.3 Å². The van der Waals surface area contributed by atoms with Crippen LogP contribution in [-0.2, 0) is 14.3 Å². The van der Waals surface area contributed by atoms with Gasteiger partial charge in [-0.2, -0.15) is 5.10 Å². The Morgan fingerprint density at radius 2 is 1.68 bits per heavy atom. The summed E-state index contributed by atoms with van der Waals surface area (Å²) in [5, 5.41) is 14.0. The van der Waals surface area contributed by atoms with Crippen molar-refractivity contribution in [3.05, 3.63) is 96.7 Å². The number of primary amides is 1. The quantitative estimate of drug-likeness (QED) is 0.0944. The van der Waals surface area contributed by atoms with Gasteiger partial charge in [0.15, 0.2) is 0 Å². The number of likely N-dealkylation sites (N-methyl/N-ethyl adjacent to an activating group) is 1. The second-order valence-corrected chi connectivity index (χ2v) is 14.4. The predicted molar refractivity (Wildman–Crippen MR) is 217 cm³/mol. The molecular formula is C42H49N9O6. The van der Waals surface area contributed by atoms with E-state index in [4.69, 9.17) is 20.3 Å². The summed E-state index contributed by atoms with van der Waals surface area (Å²) in [6.07, 6.45) is 6.22. The van der Waals surface area contributed by atoms with Gasteiger partial charge in [-0.3, -0.25) is 24.6 Å². The van der Waals surface area contributed by atoms with E-state index in [9.17, 15) is 19.2 Å². The van der Waals surface area contributed by atoms with Crippen LogP contribution in [0, 0.1) is 5.92 Å². The number of benzene rings is 3. The molecule has 5 N–H and O–H groups in total. The highest BCUT2D eigenvalue weighted by atomic mass is 16.5. The summed E-state index contributed by atoms with van der Waals surface area (Å²) in [7, 11) is 1.91. The molecule has 4 aromatic rings. The highest BCUT2D eigenvalue weighted by molar-refractivity contribution is 6.05. The van der Waals surface area contributed by atoms with Crippen LogP contribution in [0.15, 0.2) is 91.1 Å². The number of nitrogens with zero attached hydrogens (tertiary/aromatic N) is 5. The molecule has 2 fully saturated rings. The highest BCUT2D eigenvalue weighted by Crippen LogP contribution is 2.40. The fraction of sp³-hybridized carbons (Fsp3) is 0.357. The summed E-state index contributed by atoms with van der Waals surface area (Å²) in [6, 6.07) is 24.2. The maximum absolute atomic E-state index is 13.1. The molecule has 0 bridgehead atoms. The lowest BCUT2D eigenvalue weighted by Gasteiger charge is -2.38. The zero-order valence-electron chi connectivity index (χ0n) is 32.1. The van der Waals surface area contributed by atoms with Crippen LogP contribution in [-0.4, -0.2) is 103 Å². The predicted octanol–water partition coefficient (Wildman–Crippen LogP) is 5.06. The monoisotopic (exact) mass is 775 g/mol. The average molecular weight is 776 g/mol. The first-order valence-corrected chi connectivity index (χ1v) is 19.4. The number of para-hydroxylation sites is 1. The van der Waals surface area contributed by atoms with E-state index >= 15 is 0 Å². The van der Waals surface area contributed by atoms with Gasteiger partial charge >= 0.3 is 6.03 Å². The fourth-order valence-corrected chi connectivity index (χ4v) is 7.50. The number of anilines is 3. The second kappa shape index (κ2) is 18.1. The summed E-state index contributed by atoms with van der Waals surface area (Å²) in [4.78, 5) is 54.7. The molecule has 0 spiro atoms. The third-order valence-electron chi connectivity index (χ3n) is 10.6. The number of ether oxygens (including phenoxy) is 2. The zero-order chi connectivity index (χ0) is 39.7. The number of imide groups is 1. The van der Waals surface area contributed by atoms with Gasteiger partial charge in [-0.25, -0.2) is 9.48 Å². The molecule has 2 saturated heterocycles. The number of nitrogens with two attached hydrogens (primary N) is 1. The third kappa shape index (κ3) is 9.55. The molecule has 7 rings (SSSR count). The number of fused-ring (bicyclic) bond motifs is 1. The molecule has 3 aliphatic rings. The van der Waals surface area contributed by atoms with Crippen molar-refractivity contribution in [2.45, 2.75) is 31.7 Å². The van der Waals surface area contributed by atoms with Gasteiger partial charge < -0.3 is 35.6 Å². The van der Waals surface area contributed by atoms with Crippen molar-refractivity contribution in [2.75, 3.05) is 75.1 Å². The normalized spacial score (nSPS) is 17.2. The first-order chi connectivity index (χ1) is 27.7. The Bertz CT molecular complexity index is 2060. The van der Waals surface area contributed by atoms with Gasteiger partial charge in [-0.15, -0.1) is 0 Å². The summed E-state index contributed by atoms with van der Waals surface area (Å²) < 4.78 is 13.7. The number of amides is 5. The van der Waals surface area contributed by atoms with E-state index in [1.165, 1.54) is 0 Å². The maximum Gasteiger partial charge on any atom is 0.328 e. The van der Waals surface area contributed by atoms with Gasteiger partial charge in [0.2, 0.25) is 11.8 Å². The first-order valence-electron chi connectivity index (χ1n) is 19.4. The molecule has 1 unspecified atom stereocenters. The van der Waals surface area contributed by atoms with Crippen molar-refractivity contribution in [3.8, 4) is 22.8 Å². The summed E-state index contributed by atoms with van der Waals surface area (Å²) in [5.74, 6) is 1.55. The van der Waals surface area contributed by atoms with E-state index in [2.05, 4.69) is 16.0 Å². The zero-order valence-corrected chi connectivity index (χ0v) is 32.1. The molecular weight excluding hydrogens is 727 g/mol. The number of likely N-dealkylation sites (tertiary alicyclic amines) is 1. The van der Waals surface area contributed by atoms with E-state index < -0.39 is 11.9 Å². The number of carbonyl (C=O) groups excluding carboxylic acids is 4. The van der Waals surface area contributed by atoms with Gasteiger partial charge in [0.1, 0.15) is 28.6 Å². The van der Waals surface area contributed by atoms with Crippen molar-refractivity contribution in [3.63, 3.8) is 0 Å². The molecule has 3 aromatic carbocycles. The summed E-state index contributed by atoms with van der Waals surface area (Å²) >= 11 is 0. The number of urea groups is 1. The Kier molecular flexibility index (Phi) is 12.3. The molecule has 4 heterocycles. The molecule has 0 saturated carbocycles. The number of piperidine rings is 1. The maximum atomic E-state index is 13.1. The number of hydrogen-bond acceptors (Lipinski definition) is 10. The summed E-state index contributed by atoms with van der Waals surface area (Å²) in [6.45, 7) is 4.60. The molecule has 15 nitrogen and oxygen atoms in total. The number of hydrogen-bond donors (Lipinski definition) is 4. The van der Waals surface area contributed by atoms with Crippen LogP contribution in [0.25, 0.3) is 11.3 Å². The van der Waals surface area contributed by atoms with E-state index in [-0.39, 0.29) is 24.3 Å². The molecule has 5 amide bonds. The van der Waals surface area contributed by atoms with Crippen LogP contribution >= 0.6 is 0 Å². The lowest BCUT2D eigenvalue weighted by molar-refractivity contribution is -0.127. The standard InChI is InChI=1S/C42H49N9O6/c1-48(26-28-56-27-21-44-31-9-11-32(12-10-31)50-25-18-36(52)46-42(50)55)22-19-37(53)49-23-16-29(17-24-49)35-15-20-45-41-38(40(43)54)39(47-51(35)41)30-7-13-34(14-8-30)57-33-5-3-2-4-6-33/h2-14,19,22,29,35,44-45H,15-18,20-21,23-28H2,1H3,(H2,43,54)(H,46,52,55)/b22-19+. The third-order valence-corrected chi connectivity index (χ3v) is 10.6. The minimum Gasteiger partial charge on any atom is -0.457 e. The van der Waals surface area contributed by atoms with Crippen molar-refractivity contribution in [2.24, 2.45) is 11.7 Å². The molecule has 1 aromatic heterocycles. The van der Waals surface area contributed by atoms with Crippen LogP contribution in [0.5, 0.6) is 11.5 Å². The van der Waals surface area contributed by atoms with Crippen LogP contribution in [0.3, 0.4) is 0 Å². The Hall–Kier alpha value is -6.35. The molecule has 15 heteroatoms. The number of aromatic nitrogens is 2. The van der Waals surface area contributed by atoms with Crippen molar-refractivity contribution in [1.29, 1.82) is 0 Å². The Morgan fingerprint density at radius 3 is 2.40 bits per heavy atom. The van der Waals surface area contributed by atoms with Gasteiger partial charge in [0, 0.05) is 82.0 Å². The molecule has 1 atom stereocenters. The minimum absolute atomic E-state index is 0.0195. The van der Waals surface area contributed by atoms with Gasteiger partial charge in [0.05, 0.1) is 19.3 Å². The van der Waals surface area contributed by atoms with Crippen molar-refractivity contribution in [1.82, 2.24) is 24.9 Å². The largest absolute Gasteiger partial charge is 0.457 e. The Morgan fingerprint density at radius 1 is 0.947 bits per heavy atom. The van der Waals surface area contributed by atoms with Crippen LogP contribution in [0.4, 0.5) is 22.0 Å². The van der Waals surface area contributed by atoms with Gasteiger partial charge in [-0.05, 0) is 85.8 Å². The van der Waals surface area contributed by atoms with E-state index in [0.29, 0.717) is 81.2 Å².